The van der Waals surface area contributed by atoms with Gasteiger partial charge in [-0.2, -0.15) is 4.31 Å². The van der Waals surface area contributed by atoms with Gasteiger partial charge in [0, 0.05) is 17.1 Å². The van der Waals surface area contributed by atoms with Crippen LogP contribution in [0.15, 0.2) is 27.6 Å². The first-order valence-electron chi connectivity index (χ1n) is 6.53. The summed E-state index contributed by atoms with van der Waals surface area (Å²) in [7, 11) is -3.81. The molecule has 1 saturated carbocycles. The van der Waals surface area contributed by atoms with E-state index in [-0.39, 0.29) is 29.7 Å². The Morgan fingerprint density at radius 2 is 2.05 bits per heavy atom. The van der Waals surface area contributed by atoms with Gasteiger partial charge in [0.2, 0.25) is 10.0 Å². The average molecular weight is 378 g/mol. The Kier molecular flexibility index (Phi) is 5.03. The number of carboxylic acid groups (broad SMARTS) is 1. The fourth-order valence-corrected chi connectivity index (χ4v) is 4.36. The van der Waals surface area contributed by atoms with Crippen LogP contribution in [-0.2, 0) is 10.0 Å². The molecule has 0 saturated heterocycles. The van der Waals surface area contributed by atoms with E-state index in [0.717, 1.165) is 25.3 Å². The summed E-state index contributed by atoms with van der Waals surface area (Å²) in [6.07, 6.45) is 2.49. The van der Waals surface area contributed by atoms with Gasteiger partial charge < -0.3 is 10.2 Å². The largest absolute Gasteiger partial charge is 0.478 e. The molecule has 1 aliphatic rings. The zero-order chi connectivity index (χ0) is 15.6. The molecular formula is C13H16BrNO5S. The molecule has 1 aromatic carbocycles. The average Bonchev–Trinajstić information content (AvgIpc) is 2.36. The fraction of sp³-hybridized carbons (Fsp3) is 0.462. The van der Waals surface area contributed by atoms with E-state index in [1.54, 1.807) is 0 Å². The van der Waals surface area contributed by atoms with Crippen LogP contribution in [0.25, 0.3) is 0 Å². The van der Waals surface area contributed by atoms with Gasteiger partial charge in [-0.25, -0.2) is 13.2 Å². The molecule has 0 spiro atoms. The number of nitrogens with zero attached hydrogens (tertiary/aromatic N) is 1. The number of sulfonamides is 1. The maximum Gasteiger partial charge on any atom is 0.336 e. The van der Waals surface area contributed by atoms with E-state index in [9.17, 15) is 13.2 Å². The second-order valence-electron chi connectivity index (χ2n) is 4.87. The van der Waals surface area contributed by atoms with E-state index >= 15 is 0 Å². The third-order valence-corrected chi connectivity index (χ3v) is 6.22. The molecule has 0 heterocycles. The summed E-state index contributed by atoms with van der Waals surface area (Å²) < 4.78 is 26.9. The number of hydrogen-bond acceptors (Lipinski definition) is 4. The number of rotatable bonds is 6. The van der Waals surface area contributed by atoms with Crippen molar-refractivity contribution in [2.24, 2.45) is 0 Å². The van der Waals surface area contributed by atoms with Gasteiger partial charge in [0.1, 0.15) is 0 Å². The lowest BCUT2D eigenvalue weighted by atomic mass is 9.93. The van der Waals surface area contributed by atoms with Crippen LogP contribution in [0.1, 0.15) is 29.6 Å². The number of benzene rings is 1. The van der Waals surface area contributed by atoms with Crippen molar-refractivity contribution >= 4 is 31.9 Å². The lowest BCUT2D eigenvalue weighted by molar-refractivity contribution is 0.0695. The normalized spacial score (nSPS) is 16.0. The Balaban J connectivity index is 2.41. The molecular weight excluding hydrogens is 362 g/mol. The zero-order valence-corrected chi connectivity index (χ0v) is 13.6. The van der Waals surface area contributed by atoms with E-state index < -0.39 is 16.0 Å². The molecule has 1 aromatic rings. The zero-order valence-electron chi connectivity index (χ0n) is 11.2. The number of aliphatic hydroxyl groups is 1. The van der Waals surface area contributed by atoms with Crippen LogP contribution in [0.2, 0.25) is 0 Å². The molecule has 0 aromatic heterocycles. The Morgan fingerprint density at radius 1 is 1.38 bits per heavy atom. The smallest absolute Gasteiger partial charge is 0.336 e. The summed E-state index contributed by atoms with van der Waals surface area (Å²) in [6, 6.07) is 3.81. The van der Waals surface area contributed by atoms with Crippen molar-refractivity contribution in [1.82, 2.24) is 4.31 Å². The first-order valence-corrected chi connectivity index (χ1v) is 8.76. The highest BCUT2D eigenvalue weighted by atomic mass is 79.9. The molecule has 0 amide bonds. The Morgan fingerprint density at radius 3 is 2.52 bits per heavy atom. The summed E-state index contributed by atoms with van der Waals surface area (Å²) in [5.41, 5.74) is -0.103. The third kappa shape index (κ3) is 3.28. The highest BCUT2D eigenvalue weighted by Gasteiger charge is 2.34. The Bertz CT molecular complexity index is 642. The fourth-order valence-electron chi connectivity index (χ4n) is 2.24. The molecule has 116 valence electrons. The molecule has 2 N–H and O–H groups in total. The standard InChI is InChI=1S/C13H16BrNO5S/c14-12-5-4-10(8-11(12)13(17)18)21(19,20)15(6-7-16)9-2-1-3-9/h4-5,8-9,16H,1-3,6-7H2,(H,17,18). The van der Waals surface area contributed by atoms with Crippen molar-refractivity contribution < 1.29 is 23.4 Å². The molecule has 1 aliphatic carbocycles. The molecule has 0 bridgehead atoms. The van der Waals surface area contributed by atoms with Gasteiger partial charge in [-0.3, -0.25) is 0 Å². The molecule has 0 atom stereocenters. The highest BCUT2D eigenvalue weighted by Crippen LogP contribution is 2.31. The number of carboxylic acids is 1. The second-order valence-corrected chi connectivity index (χ2v) is 7.62. The van der Waals surface area contributed by atoms with Crippen molar-refractivity contribution in [1.29, 1.82) is 0 Å². The third-order valence-electron chi connectivity index (χ3n) is 3.58. The monoisotopic (exact) mass is 377 g/mol. The first-order chi connectivity index (χ1) is 9.87. The van der Waals surface area contributed by atoms with Gasteiger partial charge in [0.25, 0.3) is 0 Å². The molecule has 0 aliphatic heterocycles. The molecule has 6 nitrogen and oxygen atoms in total. The molecule has 0 radical (unpaired) electrons. The minimum absolute atomic E-state index is 0.0193. The minimum atomic E-state index is -3.81. The number of aliphatic hydroxyl groups excluding tert-OH is 1. The Labute approximate surface area is 131 Å². The van der Waals surface area contributed by atoms with Gasteiger partial charge in [0.05, 0.1) is 17.1 Å². The molecule has 8 heteroatoms. The molecule has 2 rings (SSSR count). The number of aromatic carboxylic acids is 1. The predicted octanol–water partition coefficient (Wildman–Crippen LogP) is 1.68. The van der Waals surface area contributed by atoms with Crippen LogP contribution < -0.4 is 0 Å². The van der Waals surface area contributed by atoms with Gasteiger partial charge in [-0.1, -0.05) is 6.42 Å². The van der Waals surface area contributed by atoms with Crippen LogP contribution >= 0.6 is 15.9 Å². The number of hydrogen-bond donors (Lipinski definition) is 2. The van der Waals surface area contributed by atoms with Crippen molar-refractivity contribution in [3.05, 3.63) is 28.2 Å². The van der Waals surface area contributed by atoms with Crippen molar-refractivity contribution in [2.75, 3.05) is 13.2 Å². The van der Waals surface area contributed by atoms with Gasteiger partial charge in [-0.05, 0) is 47.0 Å². The predicted molar refractivity (Wildman–Crippen MR) is 79.7 cm³/mol. The van der Waals surface area contributed by atoms with Gasteiger partial charge in [-0.15, -0.1) is 0 Å². The van der Waals surface area contributed by atoms with Gasteiger partial charge >= 0.3 is 5.97 Å². The number of carbonyl (C=O) groups is 1. The lowest BCUT2D eigenvalue weighted by Crippen LogP contribution is -2.45. The van der Waals surface area contributed by atoms with Crippen LogP contribution in [-0.4, -0.2) is 48.1 Å². The lowest BCUT2D eigenvalue weighted by Gasteiger charge is -2.36. The summed E-state index contributed by atoms with van der Waals surface area (Å²) in [5.74, 6) is -1.20. The van der Waals surface area contributed by atoms with Crippen molar-refractivity contribution in [3.8, 4) is 0 Å². The van der Waals surface area contributed by atoms with Crippen molar-refractivity contribution in [3.63, 3.8) is 0 Å². The van der Waals surface area contributed by atoms with E-state index in [4.69, 9.17) is 10.2 Å². The minimum Gasteiger partial charge on any atom is -0.478 e. The summed E-state index contributed by atoms with van der Waals surface area (Å²) in [4.78, 5) is 11.1. The summed E-state index contributed by atoms with van der Waals surface area (Å²) in [5, 5.41) is 18.2. The maximum atomic E-state index is 12.6. The summed E-state index contributed by atoms with van der Waals surface area (Å²) in [6.45, 7) is -0.247. The van der Waals surface area contributed by atoms with E-state index in [1.807, 2.05) is 0 Å². The van der Waals surface area contributed by atoms with Crippen LogP contribution in [0.3, 0.4) is 0 Å². The second kappa shape index (κ2) is 6.43. The van der Waals surface area contributed by atoms with Gasteiger partial charge in [0.15, 0.2) is 0 Å². The summed E-state index contributed by atoms with van der Waals surface area (Å²) >= 11 is 3.09. The quantitative estimate of drug-likeness (QED) is 0.786. The topological polar surface area (TPSA) is 94.9 Å². The van der Waals surface area contributed by atoms with E-state index in [2.05, 4.69) is 15.9 Å². The highest BCUT2D eigenvalue weighted by molar-refractivity contribution is 9.10. The first kappa shape index (κ1) is 16.4. The SMILES string of the molecule is O=C(O)c1cc(S(=O)(=O)N(CCO)C2CCC2)ccc1Br. The Hall–Kier alpha value is -0.960. The molecule has 1 fully saturated rings. The van der Waals surface area contributed by atoms with Crippen molar-refractivity contribution in [2.45, 2.75) is 30.2 Å². The molecule has 0 unspecified atom stereocenters. The maximum absolute atomic E-state index is 12.6. The van der Waals surface area contributed by atoms with Crippen LogP contribution in [0, 0.1) is 0 Å². The van der Waals surface area contributed by atoms with E-state index in [1.165, 1.54) is 16.4 Å². The van der Waals surface area contributed by atoms with Crippen LogP contribution in [0.5, 0.6) is 0 Å². The van der Waals surface area contributed by atoms with E-state index in [0.29, 0.717) is 4.47 Å². The van der Waals surface area contributed by atoms with Crippen LogP contribution in [0.4, 0.5) is 0 Å². The number of halogens is 1. The molecule has 21 heavy (non-hydrogen) atoms.